The second-order valence-corrected chi connectivity index (χ2v) is 7.13. The predicted octanol–water partition coefficient (Wildman–Crippen LogP) is 3.08. The van der Waals surface area contributed by atoms with Crippen molar-refractivity contribution >= 4 is 5.91 Å². The van der Waals surface area contributed by atoms with Crippen molar-refractivity contribution in [2.75, 3.05) is 13.1 Å². The molecule has 0 radical (unpaired) electrons. The topological polar surface area (TPSA) is 76.8 Å². The van der Waals surface area contributed by atoms with Crippen LogP contribution in [0.15, 0.2) is 43.2 Å². The van der Waals surface area contributed by atoms with E-state index in [1.54, 1.807) is 18.7 Å². The summed E-state index contributed by atoms with van der Waals surface area (Å²) in [5, 5.41) is 4.42. The Morgan fingerprint density at radius 1 is 1.25 bits per heavy atom. The molecule has 7 heteroatoms. The van der Waals surface area contributed by atoms with Crippen molar-refractivity contribution in [3.05, 3.63) is 60.2 Å². The minimum Gasteiger partial charge on any atom is -0.338 e. The molecule has 1 fully saturated rings. The lowest BCUT2D eigenvalue weighted by Gasteiger charge is -2.33. The fourth-order valence-corrected chi connectivity index (χ4v) is 3.86. The van der Waals surface area contributed by atoms with Gasteiger partial charge in [0.1, 0.15) is 6.33 Å². The summed E-state index contributed by atoms with van der Waals surface area (Å²) < 4.78 is 1.82. The zero-order valence-corrected chi connectivity index (χ0v) is 16.2. The first-order valence-electron chi connectivity index (χ1n) is 9.71. The highest BCUT2D eigenvalue weighted by molar-refractivity contribution is 5.95. The molecule has 3 aromatic heterocycles. The molecule has 0 spiro atoms. The van der Waals surface area contributed by atoms with Crippen LogP contribution in [0.25, 0.3) is 11.1 Å². The first-order valence-corrected chi connectivity index (χ1v) is 9.71. The lowest BCUT2D eigenvalue weighted by Crippen LogP contribution is -2.39. The number of hydrogen-bond donors (Lipinski definition) is 0. The summed E-state index contributed by atoms with van der Waals surface area (Å²) in [6.07, 6.45) is 10.8. The number of likely N-dealkylation sites (tertiary alicyclic amines) is 1. The summed E-state index contributed by atoms with van der Waals surface area (Å²) in [6.45, 7) is 6.10. The number of amides is 1. The highest BCUT2D eigenvalue weighted by Crippen LogP contribution is 2.32. The van der Waals surface area contributed by atoms with Crippen molar-refractivity contribution in [1.29, 1.82) is 0 Å². The maximum Gasteiger partial charge on any atom is 0.257 e. The van der Waals surface area contributed by atoms with E-state index in [0.717, 1.165) is 48.4 Å². The molecule has 1 aliphatic rings. The molecule has 7 nitrogen and oxygen atoms in total. The molecule has 4 rings (SSSR count). The normalized spacial score (nSPS) is 16.9. The minimum atomic E-state index is 0.0569. The second kappa shape index (κ2) is 7.88. The molecule has 0 aliphatic carbocycles. The van der Waals surface area contributed by atoms with Crippen LogP contribution in [0.4, 0.5) is 0 Å². The highest BCUT2D eigenvalue weighted by Gasteiger charge is 2.29. The van der Waals surface area contributed by atoms with E-state index in [4.69, 9.17) is 0 Å². The van der Waals surface area contributed by atoms with Gasteiger partial charge in [0, 0.05) is 55.9 Å². The number of carbonyl (C=O) groups is 1. The summed E-state index contributed by atoms with van der Waals surface area (Å²) in [4.78, 5) is 28.0. The van der Waals surface area contributed by atoms with E-state index in [9.17, 15) is 4.79 Å². The Bertz CT molecular complexity index is 968. The third kappa shape index (κ3) is 3.52. The van der Waals surface area contributed by atoms with Gasteiger partial charge in [0.2, 0.25) is 0 Å². The number of piperidine rings is 1. The second-order valence-electron chi connectivity index (χ2n) is 7.13. The Labute approximate surface area is 164 Å². The predicted molar refractivity (Wildman–Crippen MR) is 106 cm³/mol. The van der Waals surface area contributed by atoms with Crippen molar-refractivity contribution in [1.82, 2.24) is 29.6 Å². The van der Waals surface area contributed by atoms with E-state index >= 15 is 0 Å². The number of hydrogen-bond acceptors (Lipinski definition) is 5. The number of carbonyl (C=O) groups excluding carboxylic acids is 1. The summed E-state index contributed by atoms with van der Waals surface area (Å²) in [6, 6.07) is 3.94. The molecule has 0 bridgehead atoms. The number of aromatic nitrogens is 5. The Hall–Kier alpha value is -3.09. The van der Waals surface area contributed by atoms with E-state index in [-0.39, 0.29) is 11.8 Å². The number of pyridine rings is 1. The molecule has 1 saturated heterocycles. The smallest absolute Gasteiger partial charge is 0.257 e. The van der Waals surface area contributed by atoms with Gasteiger partial charge in [0.15, 0.2) is 0 Å². The lowest BCUT2D eigenvalue weighted by atomic mass is 9.90. The fourth-order valence-electron chi connectivity index (χ4n) is 3.86. The van der Waals surface area contributed by atoms with Gasteiger partial charge >= 0.3 is 0 Å². The van der Waals surface area contributed by atoms with Crippen molar-refractivity contribution < 1.29 is 4.79 Å². The van der Waals surface area contributed by atoms with Gasteiger partial charge in [0.25, 0.3) is 5.91 Å². The molecule has 4 heterocycles. The van der Waals surface area contributed by atoms with Crippen LogP contribution in [-0.2, 0) is 6.54 Å². The largest absolute Gasteiger partial charge is 0.338 e. The quantitative estimate of drug-likeness (QED) is 0.699. The van der Waals surface area contributed by atoms with E-state index in [1.165, 1.54) is 0 Å². The molecule has 0 saturated carbocycles. The molecule has 1 aliphatic heterocycles. The average molecular weight is 376 g/mol. The molecule has 144 valence electrons. The molecule has 1 amide bonds. The monoisotopic (exact) mass is 376 g/mol. The zero-order valence-electron chi connectivity index (χ0n) is 16.2. The van der Waals surface area contributed by atoms with Crippen LogP contribution in [0.5, 0.6) is 0 Å². The van der Waals surface area contributed by atoms with E-state index in [1.807, 2.05) is 48.0 Å². The molecular formula is C21H24N6O. The first-order chi connectivity index (χ1) is 13.7. The van der Waals surface area contributed by atoms with Crippen molar-refractivity contribution in [2.45, 2.75) is 39.2 Å². The first kappa shape index (κ1) is 18.3. The summed E-state index contributed by atoms with van der Waals surface area (Å²) in [5.74, 6) is 0.242. The van der Waals surface area contributed by atoms with Crippen LogP contribution in [0, 0.1) is 6.92 Å². The van der Waals surface area contributed by atoms with E-state index in [0.29, 0.717) is 12.1 Å². The average Bonchev–Trinajstić information content (AvgIpc) is 3.14. The summed E-state index contributed by atoms with van der Waals surface area (Å²) in [7, 11) is 0. The van der Waals surface area contributed by atoms with E-state index < -0.39 is 0 Å². The maximum atomic E-state index is 13.1. The van der Waals surface area contributed by atoms with Crippen LogP contribution in [0.1, 0.15) is 47.4 Å². The van der Waals surface area contributed by atoms with Gasteiger partial charge in [-0.2, -0.15) is 5.10 Å². The lowest BCUT2D eigenvalue weighted by molar-refractivity contribution is 0.0705. The van der Waals surface area contributed by atoms with Gasteiger partial charge in [-0.15, -0.1) is 0 Å². The summed E-state index contributed by atoms with van der Waals surface area (Å²) >= 11 is 0. The van der Waals surface area contributed by atoms with Crippen molar-refractivity contribution in [3.63, 3.8) is 0 Å². The minimum absolute atomic E-state index is 0.0569. The molecule has 3 aromatic rings. The Morgan fingerprint density at radius 2 is 2.07 bits per heavy atom. The third-order valence-corrected chi connectivity index (χ3v) is 5.33. The van der Waals surface area contributed by atoms with Crippen molar-refractivity contribution in [3.8, 4) is 11.1 Å². The van der Waals surface area contributed by atoms with Gasteiger partial charge in [-0.25, -0.2) is 9.97 Å². The highest BCUT2D eigenvalue weighted by atomic mass is 16.2. The van der Waals surface area contributed by atoms with Crippen molar-refractivity contribution in [2.24, 2.45) is 0 Å². The van der Waals surface area contributed by atoms with Crippen LogP contribution < -0.4 is 0 Å². The Morgan fingerprint density at radius 3 is 2.82 bits per heavy atom. The molecule has 28 heavy (non-hydrogen) atoms. The van der Waals surface area contributed by atoms with Gasteiger partial charge in [-0.3, -0.25) is 14.5 Å². The maximum absolute atomic E-state index is 13.1. The molecule has 0 aromatic carbocycles. The van der Waals surface area contributed by atoms with Gasteiger partial charge in [-0.05, 0) is 44.4 Å². The zero-order chi connectivity index (χ0) is 19.5. The Balaban J connectivity index is 1.60. The van der Waals surface area contributed by atoms with Gasteiger partial charge in [-0.1, -0.05) is 0 Å². The van der Waals surface area contributed by atoms with Crippen LogP contribution in [0.2, 0.25) is 0 Å². The summed E-state index contributed by atoms with van der Waals surface area (Å²) in [5.41, 5.74) is 4.54. The van der Waals surface area contributed by atoms with Crippen LogP contribution >= 0.6 is 0 Å². The van der Waals surface area contributed by atoms with Gasteiger partial charge < -0.3 is 4.90 Å². The molecule has 0 N–H and O–H groups in total. The van der Waals surface area contributed by atoms with Crippen LogP contribution in [0.3, 0.4) is 0 Å². The molecule has 0 unspecified atom stereocenters. The standard InChI is InChI=1S/C21H24N6O/c1-3-27-13-19(15(2)25-27)21(28)26-10-4-5-17(12-26)20-18(11-23-14-24-20)16-6-8-22-9-7-16/h6-9,11,13-14,17H,3-5,10,12H2,1-2H3/t17-/m0/s1. The Kier molecular flexibility index (Phi) is 5.14. The third-order valence-electron chi connectivity index (χ3n) is 5.33. The van der Waals surface area contributed by atoms with Crippen LogP contribution in [-0.4, -0.2) is 48.6 Å². The fraction of sp³-hybridized carbons (Fsp3) is 0.381. The number of rotatable bonds is 4. The number of nitrogens with zero attached hydrogens (tertiary/aromatic N) is 6. The number of aryl methyl sites for hydroxylation is 2. The SMILES string of the molecule is CCn1cc(C(=O)N2CCC[C@H](c3ncncc3-c3ccncc3)C2)c(C)n1. The van der Waals surface area contributed by atoms with Gasteiger partial charge in [0.05, 0.1) is 17.0 Å². The molecular weight excluding hydrogens is 352 g/mol. The van der Waals surface area contributed by atoms with E-state index in [2.05, 4.69) is 20.1 Å². The molecule has 1 atom stereocenters.